The molecule has 3 N–H and O–H groups in total. The molecule has 0 amide bonds. The second-order valence-electron chi connectivity index (χ2n) is 4.88. The number of nitrogens with two attached hydrogens (primary N) is 1. The number of nitrogen functional groups attached to an aromatic ring is 1. The summed E-state index contributed by atoms with van der Waals surface area (Å²) < 4.78 is 16.0. The fourth-order valence-corrected chi connectivity index (χ4v) is 2.30. The molecular weight excluding hydrogens is 281 g/mol. The van der Waals surface area contributed by atoms with Crippen molar-refractivity contribution < 1.29 is 4.39 Å². The Labute approximate surface area is 127 Å². The van der Waals surface area contributed by atoms with Crippen LogP contribution in [0.25, 0.3) is 11.1 Å². The first kappa shape index (κ1) is 14.1. The maximum Gasteiger partial charge on any atom is 0.148 e. The van der Waals surface area contributed by atoms with Crippen LogP contribution in [0.4, 0.5) is 15.8 Å². The van der Waals surface area contributed by atoms with Crippen LogP contribution in [0.15, 0.2) is 55.1 Å². The van der Waals surface area contributed by atoms with Gasteiger partial charge in [0.25, 0.3) is 0 Å². The van der Waals surface area contributed by atoms with Crippen molar-refractivity contribution >= 4 is 11.4 Å². The first-order valence-electron chi connectivity index (χ1n) is 6.95. The van der Waals surface area contributed by atoms with E-state index in [1.54, 1.807) is 17.1 Å². The van der Waals surface area contributed by atoms with Gasteiger partial charge >= 0.3 is 0 Å². The Morgan fingerprint density at radius 3 is 2.73 bits per heavy atom. The van der Waals surface area contributed by atoms with Crippen molar-refractivity contribution in [2.24, 2.45) is 0 Å². The summed E-state index contributed by atoms with van der Waals surface area (Å²) in [4.78, 5) is 3.88. The Bertz CT molecular complexity index is 741. The van der Waals surface area contributed by atoms with Gasteiger partial charge in [-0.05, 0) is 17.7 Å². The van der Waals surface area contributed by atoms with Gasteiger partial charge in [-0.3, -0.25) is 4.68 Å². The van der Waals surface area contributed by atoms with Crippen molar-refractivity contribution in [3.63, 3.8) is 0 Å². The van der Waals surface area contributed by atoms with Crippen LogP contribution in [0.5, 0.6) is 0 Å². The number of anilines is 2. The SMILES string of the molecule is Nc1cc(F)c(NCCn2cncn2)c(-c2ccccc2)c1. The summed E-state index contributed by atoms with van der Waals surface area (Å²) in [5.41, 5.74) is 8.29. The molecule has 0 aliphatic rings. The number of aromatic nitrogens is 3. The van der Waals surface area contributed by atoms with Crippen LogP contribution >= 0.6 is 0 Å². The van der Waals surface area contributed by atoms with E-state index in [0.29, 0.717) is 24.5 Å². The van der Waals surface area contributed by atoms with Crippen LogP contribution in [0.1, 0.15) is 0 Å². The normalized spacial score (nSPS) is 10.6. The molecule has 0 aliphatic carbocycles. The molecule has 5 nitrogen and oxygen atoms in total. The van der Waals surface area contributed by atoms with E-state index in [9.17, 15) is 4.39 Å². The quantitative estimate of drug-likeness (QED) is 0.711. The fraction of sp³-hybridized carbons (Fsp3) is 0.125. The predicted octanol–water partition coefficient (Wildman–Crippen LogP) is 2.78. The molecule has 0 saturated heterocycles. The second kappa shape index (κ2) is 6.26. The third-order valence-corrected chi connectivity index (χ3v) is 3.31. The van der Waals surface area contributed by atoms with Gasteiger partial charge in [-0.1, -0.05) is 30.3 Å². The summed E-state index contributed by atoms with van der Waals surface area (Å²) in [6, 6.07) is 12.7. The lowest BCUT2D eigenvalue weighted by Crippen LogP contribution is -2.12. The molecule has 2 aromatic carbocycles. The van der Waals surface area contributed by atoms with Gasteiger partial charge in [-0.2, -0.15) is 5.10 Å². The molecule has 0 saturated carbocycles. The molecule has 0 spiro atoms. The lowest BCUT2D eigenvalue weighted by Gasteiger charge is -2.14. The smallest absolute Gasteiger partial charge is 0.148 e. The van der Waals surface area contributed by atoms with E-state index in [1.165, 1.54) is 12.4 Å². The first-order valence-corrected chi connectivity index (χ1v) is 6.95. The average Bonchev–Trinajstić information content (AvgIpc) is 3.03. The largest absolute Gasteiger partial charge is 0.399 e. The van der Waals surface area contributed by atoms with Crippen LogP contribution in [-0.4, -0.2) is 21.3 Å². The monoisotopic (exact) mass is 297 g/mol. The Morgan fingerprint density at radius 1 is 1.18 bits per heavy atom. The number of hydrogen-bond acceptors (Lipinski definition) is 4. The zero-order valence-corrected chi connectivity index (χ0v) is 11.9. The summed E-state index contributed by atoms with van der Waals surface area (Å²) in [5.74, 6) is -0.363. The Morgan fingerprint density at radius 2 is 2.00 bits per heavy atom. The number of hydrogen-bond donors (Lipinski definition) is 2. The van der Waals surface area contributed by atoms with E-state index in [0.717, 1.165) is 11.1 Å². The van der Waals surface area contributed by atoms with Gasteiger partial charge in [-0.15, -0.1) is 0 Å². The topological polar surface area (TPSA) is 68.8 Å². The Kier molecular flexibility index (Phi) is 4.00. The summed E-state index contributed by atoms with van der Waals surface area (Å²) >= 11 is 0. The number of halogens is 1. The zero-order valence-electron chi connectivity index (χ0n) is 11.9. The first-order chi connectivity index (χ1) is 10.7. The second-order valence-corrected chi connectivity index (χ2v) is 4.88. The molecular formula is C16H16FN5. The van der Waals surface area contributed by atoms with Crippen molar-refractivity contribution in [2.45, 2.75) is 6.54 Å². The number of nitrogens with one attached hydrogen (secondary N) is 1. The minimum Gasteiger partial charge on any atom is -0.399 e. The van der Waals surface area contributed by atoms with E-state index in [4.69, 9.17) is 5.73 Å². The highest BCUT2D eigenvalue weighted by molar-refractivity contribution is 5.81. The minimum atomic E-state index is -0.363. The van der Waals surface area contributed by atoms with Crippen molar-refractivity contribution in [1.82, 2.24) is 14.8 Å². The summed E-state index contributed by atoms with van der Waals surface area (Å²) in [5, 5.41) is 7.14. The number of nitrogens with zero attached hydrogens (tertiary/aromatic N) is 3. The van der Waals surface area contributed by atoms with E-state index < -0.39 is 0 Å². The van der Waals surface area contributed by atoms with E-state index in [1.807, 2.05) is 30.3 Å². The highest BCUT2D eigenvalue weighted by Crippen LogP contribution is 2.32. The average molecular weight is 297 g/mol. The van der Waals surface area contributed by atoms with Crippen LogP contribution in [0.3, 0.4) is 0 Å². The maximum atomic E-state index is 14.3. The van der Waals surface area contributed by atoms with Crippen LogP contribution in [0, 0.1) is 5.82 Å². The lowest BCUT2D eigenvalue weighted by molar-refractivity contribution is 0.618. The summed E-state index contributed by atoms with van der Waals surface area (Å²) in [7, 11) is 0. The highest BCUT2D eigenvalue weighted by Gasteiger charge is 2.11. The molecule has 3 rings (SSSR count). The maximum absolute atomic E-state index is 14.3. The lowest BCUT2D eigenvalue weighted by atomic mass is 10.0. The standard InChI is InChI=1S/C16H16FN5/c17-15-9-13(18)8-14(12-4-2-1-3-5-12)16(15)20-6-7-22-11-19-10-21-22/h1-5,8-11,20H,6-7,18H2. The Hall–Kier alpha value is -2.89. The van der Waals surface area contributed by atoms with Gasteiger partial charge in [0, 0.05) is 17.8 Å². The third-order valence-electron chi connectivity index (χ3n) is 3.31. The molecule has 1 aromatic heterocycles. The minimum absolute atomic E-state index is 0.363. The molecule has 22 heavy (non-hydrogen) atoms. The van der Waals surface area contributed by atoms with Crippen molar-refractivity contribution in [2.75, 3.05) is 17.6 Å². The van der Waals surface area contributed by atoms with E-state index in [2.05, 4.69) is 15.4 Å². The van der Waals surface area contributed by atoms with Gasteiger partial charge in [0.05, 0.1) is 12.2 Å². The van der Waals surface area contributed by atoms with Gasteiger partial charge in [-0.25, -0.2) is 9.37 Å². The molecule has 112 valence electrons. The fourth-order valence-electron chi connectivity index (χ4n) is 2.30. The van der Waals surface area contributed by atoms with Crippen LogP contribution in [0.2, 0.25) is 0 Å². The molecule has 3 aromatic rings. The molecule has 0 unspecified atom stereocenters. The van der Waals surface area contributed by atoms with Crippen molar-refractivity contribution in [1.29, 1.82) is 0 Å². The molecule has 1 heterocycles. The third kappa shape index (κ3) is 3.06. The molecule has 0 radical (unpaired) electrons. The number of benzene rings is 2. The molecule has 0 bridgehead atoms. The van der Waals surface area contributed by atoms with E-state index in [-0.39, 0.29) is 5.82 Å². The molecule has 0 fully saturated rings. The molecule has 0 atom stereocenters. The summed E-state index contributed by atoms with van der Waals surface area (Å²) in [6.45, 7) is 1.13. The van der Waals surface area contributed by atoms with Gasteiger partial charge in [0.15, 0.2) is 0 Å². The van der Waals surface area contributed by atoms with Gasteiger partial charge in [0.2, 0.25) is 0 Å². The van der Waals surface area contributed by atoms with Crippen LogP contribution in [-0.2, 0) is 6.54 Å². The van der Waals surface area contributed by atoms with E-state index >= 15 is 0 Å². The molecule has 6 heteroatoms. The molecule has 0 aliphatic heterocycles. The van der Waals surface area contributed by atoms with Gasteiger partial charge in [0.1, 0.15) is 18.5 Å². The predicted molar refractivity (Wildman–Crippen MR) is 84.8 cm³/mol. The number of rotatable bonds is 5. The van der Waals surface area contributed by atoms with Crippen LogP contribution < -0.4 is 11.1 Å². The van der Waals surface area contributed by atoms with Gasteiger partial charge < -0.3 is 11.1 Å². The van der Waals surface area contributed by atoms with Crippen molar-refractivity contribution in [3.8, 4) is 11.1 Å². The van der Waals surface area contributed by atoms with Crippen molar-refractivity contribution in [3.05, 3.63) is 60.9 Å². The highest BCUT2D eigenvalue weighted by atomic mass is 19.1. The zero-order chi connectivity index (χ0) is 15.4. The Balaban J connectivity index is 1.86. The summed E-state index contributed by atoms with van der Waals surface area (Å²) in [6.07, 6.45) is 3.10.